The van der Waals surface area contributed by atoms with Crippen molar-refractivity contribution in [1.29, 1.82) is 0 Å². The molecule has 4 nitrogen and oxygen atoms in total. The first-order valence-corrected chi connectivity index (χ1v) is 7.38. The lowest BCUT2D eigenvalue weighted by molar-refractivity contribution is -0.169. The van der Waals surface area contributed by atoms with Gasteiger partial charge in [-0.15, -0.1) is 0 Å². The summed E-state index contributed by atoms with van der Waals surface area (Å²) >= 11 is 2.20. The third-order valence-electron chi connectivity index (χ3n) is 3.04. The van der Waals surface area contributed by atoms with E-state index in [4.69, 9.17) is 14.2 Å². The summed E-state index contributed by atoms with van der Waals surface area (Å²) in [7, 11) is 1.38. The number of carbonyl (C=O) groups excluding carboxylic acids is 1. The first-order valence-electron chi connectivity index (χ1n) is 6.30. The fourth-order valence-electron chi connectivity index (χ4n) is 1.93. The van der Waals surface area contributed by atoms with Gasteiger partial charge in [0, 0.05) is 10.2 Å². The van der Waals surface area contributed by atoms with E-state index in [2.05, 4.69) is 22.6 Å². The summed E-state index contributed by atoms with van der Waals surface area (Å²) in [4.78, 5) is 11.4. The molecule has 0 aliphatic carbocycles. The molecule has 0 spiro atoms. The van der Waals surface area contributed by atoms with E-state index in [0.29, 0.717) is 12.2 Å². The number of hydrogen-bond acceptors (Lipinski definition) is 4. The Morgan fingerprint density at radius 2 is 2.32 bits per heavy atom. The van der Waals surface area contributed by atoms with Gasteiger partial charge < -0.3 is 14.2 Å². The van der Waals surface area contributed by atoms with Gasteiger partial charge in [-0.05, 0) is 59.5 Å². The number of rotatable bonds is 4. The fraction of sp³-hybridized carbons (Fsp3) is 0.500. The van der Waals surface area contributed by atoms with Crippen LogP contribution >= 0.6 is 22.6 Å². The maximum Gasteiger partial charge on any atom is 0.337 e. The number of methoxy groups -OCH3 is 1. The summed E-state index contributed by atoms with van der Waals surface area (Å²) in [5.41, 5.74) is 1.62. The van der Waals surface area contributed by atoms with Gasteiger partial charge in [-0.1, -0.05) is 6.07 Å². The molecule has 1 aromatic carbocycles. The van der Waals surface area contributed by atoms with Crippen molar-refractivity contribution in [2.24, 2.45) is 0 Å². The van der Waals surface area contributed by atoms with Gasteiger partial charge in [-0.2, -0.15) is 0 Å². The largest absolute Gasteiger partial charge is 0.465 e. The number of ether oxygens (including phenoxy) is 3. The zero-order valence-electron chi connectivity index (χ0n) is 10.9. The van der Waals surface area contributed by atoms with Gasteiger partial charge in [0.1, 0.15) is 0 Å². The molecule has 0 bridgehead atoms. The van der Waals surface area contributed by atoms with Crippen LogP contribution in [0, 0.1) is 3.57 Å². The number of halogens is 1. The van der Waals surface area contributed by atoms with E-state index in [1.807, 2.05) is 12.1 Å². The molecule has 1 unspecified atom stereocenters. The van der Waals surface area contributed by atoms with Gasteiger partial charge in [0.25, 0.3) is 0 Å². The molecule has 1 heterocycles. The minimum Gasteiger partial charge on any atom is -0.465 e. The van der Waals surface area contributed by atoms with Crippen molar-refractivity contribution in [2.45, 2.75) is 32.2 Å². The molecule has 1 aliphatic rings. The molecule has 5 heteroatoms. The normalized spacial score (nSPS) is 19.2. The van der Waals surface area contributed by atoms with Crippen molar-refractivity contribution in [1.82, 2.24) is 0 Å². The second-order valence-electron chi connectivity index (χ2n) is 4.40. The van der Waals surface area contributed by atoms with E-state index in [9.17, 15) is 4.79 Å². The molecule has 1 aliphatic heterocycles. The van der Waals surface area contributed by atoms with Crippen molar-refractivity contribution in [2.75, 3.05) is 13.7 Å². The molecule has 1 saturated heterocycles. The highest BCUT2D eigenvalue weighted by Gasteiger charge is 2.15. The van der Waals surface area contributed by atoms with Crippen LogP contribution in [-0.4, -0.2) is 26.0 Å². The number of benzene rings is 1. The van der Waals surface area contributed by atoms with Crippen molar-refractivity contribution in [3.05, 3.63) is 32.9 Å². The van der Waals surface area contributed by atoms with Crippen molar-refractivity contribution in [3.8, 4) is 0 Å². The Bertz CT molecular complexity index is 441. The Kier molecular flexibility index (Phi) is 5.59. The van der Waals surface area contributed by atoms with Crippen LogP contribution in [0.3, 0.4) is 0 Å². The summed E-state index contributed by atoms with van der Waals surface area (Å²) in [6.07, 6.45) is 3.13. The first kappa shape index (κ1) is 14.7. The van der Waals surface area contributed by atoms with E-state index in [-0.39, 0.29) is 12.3 Å². The highest BCUT2D eigenvalue weighted by atomic mass is 127. The molecular weight excluding hydrogens is 359 g/mol. The summed E-state index contributed by atoms with van der Waals surface area (Å²) in [6, 6.07) is 5.47. The van der Waals surface area contributed by atoms with Crippen LogP contribution in [0.5, 0.6) is 0 Å². The third-order valence-corrected chi connectivity index (χ3v) is 4.04. The van der Waals surface area contributed by atoms with Gasteiger partial charge >= 0.3 is 5.97 Å². The highest BCUT2D eigenvalue weighted by Crippen LogP contribution is 2.19. The van der Waals surface area contributed by atoms with Crippen molar-refractivity contribution >= 4 is 28.6 Å². The van der Waals surface area contributed by atoms with E-state index in [0.717, 1.165) is 35.0 Å². The summed E-state index contributed by atoms with van der Waals surface area (Å²) < 4.78 is 16.9. The second-order valence-corrected chi connectivity index (χ2v) is 5.57. The topological polar surface area (TPSA) is 44.8 Å². The van der Waals surface area contributed by atoms with Crippen LogP contribution in [0.4, 0.5) is 0 Å². The molecule has 0 N–H and O–H groups in total. The number of hydrogen-bond donors (Lipinski definition) is 0. The van der Waals surface area contributed by atoms with Crippen LogP contribution in [0.15, 0.2) is 18.2 Å². The molecule has 2 rings (SSSR count). The summed E-state index contributed by atoms with van der Waals surface area (Å²) in [6.45, 7) is 1.29. The second kappa shape index (κ2) is 7.21. The standard InChI is InChI=1S/C14H17IO4/c1-17-14(16)10-5-6-11(12(15)8-10)9-19-13-4-2-3-7-18-13/h5-6,8,13H,2-4,7,9H2,1H3. The summed E-state index contributed by atoms with van der Waals surface area (Å²) in [5.74, 6) is -0.319. The molecular formula is C14H17IO4. The monoisotopic (exact) mass is 376 g/mol. The SMILES string of the molecule is COC(=O)c1ccc(COC2CCCCO2)c(I)c1. The average molecular weight is 376 g/mol. The van der Waals surface area contributed by atoms with Crippen molar-refractivity contribution in [3.63, 3.8) is 0 Å². The van der Waals surface area contributed by atoms with Gasteiger partial charge in [-0.25, -0.2) is 4.79 Å². The van der Waals surface area contributed by atoms with Gasteiger partial charge in [0.15, 0.2) is 6.29 Å². The maximum absolute atomic E-state index is 11.4. The van der Waals surface area contributed by atoms with Crippen LogP contribution in [0.1, 0.15) is 35.2 Å². The lowest BCUT2D eigenvalue weighted by Gasteiger charge is -2.23. The zero-order valence-corrected chi connectivity index (χ0v) is 13.0. The van der Waals surface area contributed by atoms with Gasteiger partial charge in [-0.3, -0.25) is 0 Å². The van der Waals surface area contributed by atoms with E-state index in [1.165, 1.54) is 7.11 Å². The third kappa shape index (κ3) is 4.15. The molecule has 1 fully saturated rings. The molecule has 104 valence electrons. The van der Waals surface area contributed by atoms with Crippen LogP contribution < -0.4 is 0 Å². The van der Waals surface area contributed by atoms with Crippen LogP contribution in [-0.2, 0) is 20.8 Å². The average Bonchev–Trinajstić information content (AvgIpc) is 2.46. The molecule has 0 amide bonds. The predicted octanol–water partition coefficient (Wildman–Crippen LogP) is 3.12. The Balaban J connectivity index is 1.95. The zero-order chi connectivity index (χ0) is 13.7. The number of esters is 1. The lowest BCUT2D eigenvalue weighted by atomic mass is 10.1. The molecule has 1 aromatic rings. The molecule has 19 heavy (non-hydrogen) atoms. The van der Waals surface area contributed by atoms with Gasteiger partial charge in [0.05, 0.1) is 19.3 Å². The minimum atomic E-state index is -0.319. The molecule has 0 aromatic heterocycles. The predicted molar refractivity (Wildman–Crippen MR) is 78.9 cm³/mol. The highest BCUT2D eigenvalue weighted by molar-refractivity contribution is 14.1. The molecule has 0 saturated carbocycles. The van der Waals surface area contributed by atoms with Crippen molar-refractivity contribution < 1.29 is 19.0 Å². The Morgan fingerprint density at radius 1 is 1.47 bits per heavy atom. The van der Waals surface area contributed by atoms with Gasteiger partial charge in [0.2, 0.25) is 0 Å². The Labute approximate surface area is 126 Å². The Hall–Kier alpha value is -0.660. The number of carbonyl (C=O) groups is 1. The lowest BCUT2D eigenvalue weighted by Crippen LogP contribution is -2.22. The fourth-order valence-corrected chi connectivity index (χ4v) is 2.61. The quantitative estimate of drug-likeness (QED) is 0.599. The molecule has 0 radical (unpaired) electrons. The maximum atomic E-state index is 11.4. The van der Waals surface area contributed by atoms with E-state index < -0.39 is 0 Å². The van der Waals surface area contributed by atoms with Crippen LogP contribution in [0.2, 0.25) is 0 Å². The molecule has 1 atom stereocenters. The minimum absolute atomic E-state index is 0.0927. The first-order chi connectivity index (χ1) is 9.20. The van der Waals surface area contributed by atoms with E-state index in [1.54, 1.807) is 6.07 Å². The summed E-state index contributed by atoms with van der Waals surface area (Å²) in [5, 5.41) is 0. The van der Waals surface area contributed by atoms with Crippen LogP contribution in [0.25, 0.3) is 0 Å². The smallest absolute Gasteiger partial charge is 0.337 e. The van der Waals surface area contributed by atoms with E-state index >= 15 is 0 Å². The Morgan fingerprint density at radius 3 is 2.95 bits per heavy atom.